The van der Waals surface area contributed by atoms with Crippen molar-refractivity contribution in [2.24, 2.45) is 0 Å². The SMILES string of the molecule is COc1ccc(NC(=O)c2cccc(C)c2O)cc1OC. The lowest BCUT2D eigenvalue weighted by molar-refractivity contribution is 0.102. The predicted molar refractivity (Wildman–Crippen MR) is 80.3 cm³/mol. The Hall–Kier alpha value is -2.69. The number of hydrogen-bond donors (Lipinski definition) is 2. The molecule has 0 unspecified atom stereocenters. The van der Waals surface area contributed by atoms with E-state index in [0.717, 1.165) is 0 Å². The number of carbonyl (C=O) groups is 1. The van der Waals surface area contributed by atoms with Crippen molar-refractivity contribution >= 4 is 11.6 Å². The molecule has 0 aliphatic carbocycles. The maximum atomic E-state index is 12.2. The van der Waals surface area contributed by atoms with Crippen LogP contribution in [0.15, 0.2) is 36.4 Å². The standard InChI is InChI=1S/C16H17NO4/c1-10-5-4-6-12(15(10)18)16(19)17-11-7-8-13(20-2)14(9-11)21-3/h4-9,18H,1-3H3,(H,17,19). The number of methoxy groups -OCH3 is 2. The Bertz CT molecular complexity index is 667. The van der Waals surface area contributed by atoms with E-state index in [2.05, 4.69) is 5.32 Å². The zero-order chi connectivity index (χ0) is 15.4. The van der Waals surface area contributed by atoms with Crippen molar-refractivity contribution in [3.63, 3.8) is 0 Å². The number of aryl methyl sites for hydroxylation is 1. The van der Waals surface area contributed by atoms with Gasteiger partial charge in [0.1, 0.15) is 5.75 Å². The second kappa shape index (κ2) is 6.17. The first-order chi connectivity index (χ1) is 10.1. The van der Waals surface area contributed by atoms with Crippen molar-refractivity contribution in [3.8, 4) is 17.2 Å². The van der Waals surface area contributed by atoms with E-state index < -0.39 is 0 Å². The van der Waals surface area contributed by atoms with Gasteiger partial charge in [-0.15, -0.1) is 0 Å². The van der Waals surface area contributed by atoms with Gasteiger partial charge >= 0.3 is 0 Å². The molecule has 0 fully saturated rings. The lowest BCUT2D eigenvalue weighted by atomic mass is 10.1. The molecule has 2 aromatic carbocycles. The molecule has 2 rings (SSSR count). The van der Waals surface area contributed by atoms with Crippen LogP contribution in [0.1, 0.15) is 15.9 Å². The normalized spacial score (nSPS) is 10.0. The van der Waals surface area contributed by atoms with Crippen LogP contribution in [0.2, 0.25) is 0 Å². The van der Waals surface area contributed by atoms with Crippen molar-refractivity contribution < 1.29 is 19.4 Å². The van der Waals surface area contributed by atoms with Crippen LogP contribution < -0.4 is 14.8 Å². The molecule has 2 aromatic rings. The summed E-state index contributed by atoms with van der Waals surface area (Å²) in [6.45, 7) is 1.74. The molecular formula is C16H17NO4. The molecule has 0 atom stereocenters. The first-order valence-corrected chi connectivity index (χ1v) is 6.38. The Balaban J connectivity index is 2.25. The summed E-state index contributed by atoms with van der Waals surface area (Å²) >= 11 is 0. The minimum absolute atomic E-state index is 0.0181. The van der Waals surface area contributed by atoms with Crippen molar-refractivity contribution in [1.82, 2.24) is 0 Å². The molecule has 0 radical (unpaired) electrons. The summed E-state index contributed by atoms with van der Waals surface area (Å²) < 4.78 is 10.3. The molecule has 5 nitrogen and oxygen atoms in total. The summed E-state index contributed by atoms with van der Waals surface area (Å²) in [5, 5.41) is 12.6. The zero-order valence-electron chi connectivity index (χ0n) is 12.1. The Morgan fingerprint density at radius 1 is 1.10 bits per heavy atom. The highest BCUT2D eigenvalue weighted by Gasteiger charge is 2.13. The second-order valence-electron chi connectivity index (χ2n) is 4.49. The van der Waals surface area contributed by atoms with Crippen LogP contribution in [0.25, 0.3) is 0 Å². The molecule has 2 N–H and O–H groups in total. The predicted octanol–water partition coefficient (Wildman–Crippen LogP) is 2.97. The average Bonchev–Trinajstić information content (AvgIpc) is 2.49. The summed E-state index contributed by atoms with van der Waals surface area (Å²) in [6.07, 6.45) is 0. The van der Waals surface area contributed by atoms with Gasteiger partial charge in [-0.25, -0.2) is 0 Å². The number of para-hydroxylation sites is 1. The number of ether oxygens (including phenoxy) is 2. The number of nitrogens with one attached hydrogen (secondary N) is 1. The monoisotopic (exact) mass is 287 g/mol. The first-order valence-electron chi connectivity index (χ1n) is 6.38. The van der Waals surface area contributed by atoms with Crippen LogP contribution in [-0.2, 0) is 0 Å². The second-order valence-corrected chi connectivity index (χ2v) is 4.49. The molecule has 0 aliphatic heterocycles. The molecule has 0 spiro atoms. The molecular weight excluding hydrogens is 270 g/mol. The number of anilines is 1. The lowest BCUT2D eigenvalue weighted by Gasteiger charge is -2.11. The number of hydrogen-bond acceptors (Lipinski definition) is 4. The minimum Gasteiger partial charge on any atom is -0.507 e. The van der Waals surface area contributed by atoms with Gasteiger partial charge in [0.25, 0.3) is 5.91 Å². The van der Waals surface area contributed by atoms with Gasteiger partial charge in [0, 0.05) is 11.8 Å². The molecule has 0 aromatic heterocycles. The number of carbonyl (C=O) groups excluding carboxylic acids is 1. The summed E-state index contributed by atoms with van der Waals surface area (Å²) in [4.78, 5) is 12.2. The highest BCUT2D eigenvalue weighted by molar-refractivity contribution is 6.06. The summed E-state index contributed by atoms with van der Waals surface area (Å²) in [5.74, 6) is 0.691. The maximum Gasteiger partial charge on any atom is 0.259 e. The van der Waals surface area contributed by atoms with E-state index in [4.69, 9.17) is 9.47 Å². The fourth-order valence-electron chi connectivity index (χ4n) is 1.95. The van der Waals surface area contributed by atoms with Crippen molar-refractivity contribution in [2.75, 3.05) is 19.5 Å². The van der Waals surface area contributed by atoms with E-state index in [9.17, 15) is 9.90 Å². The molecule has 5 heteroatoms. The molecule has 0 heterocycles. The highest BCUT2D eigenvalue weighted by atomic mass is 16.5. The topological polar surface area (TPSA) is 67.8 Å². The Morgan fingerprint density at radius 3 is 2.48 bits per heavy atom. The van der Waals surface area contributed by atoms with E-state index in [-0.39, 0.29) is 17.2 Å². The van der Waals surface area contributed by atoms with Crippen LogP contribution >= 0.6 is 0 Å². The van der Waals surface area contributed by atoms with Gasteiger partial charge in [-0.1, -0.05) is 12.1 Å². The van der Waals surface area contributed by atoms with Crippen LogP contribution in [-0.4, -0.2) is 25.2 Å². The molecule has 0 saturated heterocycles. The van der Waals surface area contributed by atoms with Crippen molar-refractivity contribution in [1.29, 1.82) is 0 Å². The van der Waals surface area contributed by atoms with Gasteiger partial charge in [-0.3, -0.25) is 4.79 Å². The Morgan fingerprint density at radius 2 is 1.81 bits per heavy atom. The van der Waals surface area contributed by atoms with E-state index in [1.807, 2.05) is 0 Å². The lowest BCUT2D eigenvalue weighted by Crippen LogP contribution is -2.12. The fourth-order valence-corrected chi connectivity index (χ4v) is 1.95. The third kappa shape index (κ3) is 3.08. The van der Waals surface area contributed by atoms with E-state index >= 15 is 0 Å². The van der Waals surface area contributed by atoms with Gasteiger partial charge in [-0.2, -0.15) is 0 Å². The molecule has 0 aliphatic rings. The minimum atomic E-state index is -0.386. The number of amides is 1. The molecule has 1 amide bonds. The van der Waals surface area contributed by atoms with Crippen LogP contribution in [0, 0.1) is 6.92 Å². The van der Waals surface area contributed by atoms with E-state index in [0.29, 0.717) is 22.7 Å². The van der Waals surface area contributed by atoms with E-state index in [1.165, 1.54) is 7.11 Å². The Labute approximate surface area is 123 Å². The smallest absolute Gasteiger partial charge is 0.259 e. The highest BCUT2D eigenvalue weighted by Crippen LogP contribution is 2.30. The summed E-state index contributed by atoms with van der Waals surface area (Å²) in [6, 6.07) is 10.1. The number of phenolic OH excluding ortho intramolecular Hbond substituents is 1. The van der Waals surface area contributed by atoms with Gasteiger partial charge < -0.3 is 19.9 Å². The number of aromatic hydroxyl groups is 1. The van der Waals surface area contributed by atoms with E-state index in [1.54, 1.807) is 50.4 Å². The molecule has 0 bridgehead atoms. The fraction of sp³-hybridized carbons (Fsp3) is 0.188. The third-order valence-corrected chi connectivity index (χ3v) is 3.12. The number of rotatable bonds is 4. The van der Waals surface area contributed by atoms with Crippen LogP contribution in [0.4, 0.5) is 5.69 Å². The molecule has 0 saturated carbocycles. The zero-order valence-corrected chi connectivity index (χ0v) is 12.1. The average molecular weight is 287 g/mol. The largest absolute Gasteiger partial charge is 0.507 e. The van der Waals surface area contributed by atoms with Gasteiger partial charge in [-0.05, 0) is 30.7 Å². The summed E-state index contributed by atoms with van der Waals surface area (Å²) in [7, 11) is 3.07. The van der Waals surface area contributed by atoms with Crippen LogP contribution in [0.3, 0.4) is 0 Å². The summed E-state index contributed by atoms with van der Waals surface area (Å²) in [5.41, 5.74) is 1.43. The number of phenols is 1. The van der Waals surface area contributed by atoms with Gasteiger partial charge in [0.15, 0.2) is 11.5 Å². The van der Waals surface area contributed by atoms with Gasteiger partial charge in [0.2, 0.25) is 0 Å². The van der Waals surface area contributed by atoms with Crippen molar-refractivity contribution in [3.05, 3.63) is 47.5 Å². The molecule has 110 valence electrons. The third-order valence-electron chi connectivity index (χ3n) is 3.12. The quantitative estimate of drug-likeness (QED) is 0.907. The maximum absolute atomic E-state index is 12.2. The van der Waals surface area contributed by atoms with Crippen molar-refractivity contribution in [2.45, 2.75) is 6.92 Å². The van der Waals surface area contributed by atoms with Crippen LogP contribution in [0.5, 0.6) is 17.2 Å². The Kier molecular flexibility index (Phi) is 4.33. The first kappa shape index (κ1) is 14.7. The number of benzene rings is 2. The molecule has 21 heavy (non-hydrogen) atoms. The van der Waals surface area contributed by atoms with Gasteiger partial charge in [0.05, 0.1) is 19.8 Å².